The molecule has 51 heavy (non-hydrogen) atoms. The van der Waals surface area contributed by atoms with Gasteiger partial charge in [-0.3, -0.25) is 9.59 Å². The van der Waals surface area contributed by atoms with Gasteiger partial charge in [0, 0.05) is 37.3 Å². The Kier molecular flexibility index (Phi) is 13.2. The van der Waals surface area contributed by atoms with Gasteiger partial charge in [0.25, 0.3) is 0 Å². The van der Waals surface area contributed by atoms with Crippen molar-refractivity contribution in [3.63, 3.8) is 0 Å². The fourth-order valence-corrected chi connectivity index (χ4v) is 6.04. The maximum absolute atomic E-state index is 13.7. The van der Waals surface area contributed by atoms with E-state index in [1.807, 2.05) is 0 Å². The molecule has 3 aromatic carbocycles. The number of aliphatic hydroxyl groups is 1. The Bertz CT molecular complexity index is 1740. The summed E-state index contributed by atoms with van der Waals surface area (Å²) in [6, 6.07) is 8.20. The van der Waals surface area contributed by atoms with E-state index in [-0.39, 0.29) is 57.6 Å². The van der Waals surface area contributed by atoms with E-state index in [4.69, 9.17) is 18.9 Å². The number of aromatic hydroxyl groups is 4. The average molecular weight is 708 g/mol. The number of carbonyl (C=O) groups is 3. The van der Waals surface area contributed by atoms with E-state index in [2.05, 4.69) is 5.32 Å². The quantitative estimate of drug-likeness (QED) is 0.116. The first-order valence-corrected chi connectivity index (χ1v) is 16.6. The monoisotopic (exact) mass is 707 g/mol. The van der Waals surface area contributed by atoms with Crippen molar-refractivity contribution < 1.29 is 58.9 Å². The Hall–Kier alpha value is -5.43. The van der Waals surface area contributed by atoms with Gasteiger partial charge < -0.3 is 49.8 Å². The van der Waals surface area contributed by atoms with Gasteiger partial charge in [-0.25, -0.2) is 4.79 Å². The Morgan fingerprint density at radius 2 is 1.59 bits per heavy atom. The van der Waals surface area contributed by atoms with Crippen molar-refractivity contribution in [1.29, 1.82) is 0 Å². The van der Waals surface area contributed by atoms with Gasteiger partial charge in [-0.05, 0) is 79.6 Å². The number of methoxy groups -OCH3 is 3. The number of rotatable bonds is 10. The number of phenolic OH excluding ortho intramolecular Hbond substituents is 4. The molecule has 0 saturated heterocycles. The summed E-state index contributed by atoms with van der Waals surface area (Å²) in [5.41, 5.74) is 0.409. The van der Waals surface area contributed by atoms with E-state index in [0.717, 1.165) is 0 Å². The van der Waals surface area contributed by atoms with Gasteiger partial charge in [0.15, 0.2) is 23.0 Å². The van der Waals surface area contributed by atoms with Crippen molar-refractivity contribution in [2.45, 2.75) is 70.0 Å². The summed E-state index contributed by atoms with van der Waals surface area (Å²) in [4.78, 5) is 39.5. The fourth-order valence-electron chi connectivity index (χ4n) is 6.04. The zero-order valence-corrected chi connectivity index (χ0v) is 29.1. The number of cyclic esters (lactones) is 1. The summed E-state index contributed by atoms with van der Waals surface area (Å²) in [5, 5.41) is 56.2. The van der Waals surface area contributed by atoms with Gasteiger partial charge in [0.05, 0.1) is 33.5 Å². The highest BCUT2D eigenvalue weighted by atomic mass is 16.5. The second kappa shape index (κ2) is 17.5. The Morgan fingerprint density at radius 3 is 2.24 bits per heavy atom. The summed E-state index contributed by atoms with van der Waals surface area (Å²) in [6.45, 7) is 1.41. The highest BCUT2D eigenvalue weighted by molar-refractivity contribution is 5.98. The molecule has 0 aliphatic carbocycles. The molecular formula is C38H45NO12. The number of esters is 1. The molecular weight excluding hydrogens is 662 g/mol. The van der Waals surface area contributed by atoms with Crippen molar-refractivity contribution >= 4 is 23.7 Å². The van der Waals surface area contributed by atoms with E-state index in [1.54, 1.807) is 31.2 Å². The van der Waals surface area contributed by atoms with Crippen molar-refractivity contribution in [2.75, 3.05) is 27.9 Å². The molecule has 13 nitrogen and oxygen atoms in total. The fraction of sp³-hybridized carbons (Fsp3) is 0.395. The third-order valence-electron chi connectivity index (χ3n) is 8.76. The first-order valence-electron chi connectivity index (χ1n) is 16.6. The van der Waals surface area contributed by atoms with E-state index in [9.17, 15) is 39.9 Å². The molecule has 6 N–H and O–H groups in total. The zero-order chi connectivity index (χ0) is 37.2. The summed E-state index contributed by atoms with van der Waals surface area (Å²) in [5.74, 6) is -3.55. The number of aliphatic hydroxyl groups excluding tert-OH is 1. The number of benzene rings is 3. The van der Waals surface area contributed by atoms with Crippen LogP contribution >= 0.6 is 0 Å². The number of nitrogens with one attached hydrogen (secondary N) is 1. The number of Topliss-reactive ketones (excluding diaryl/α,β-unsaturated/α-hetero) is 1. The van der Waals surface area contributed by atoms with E-state index in [1.165, 1.54) is 45.6 Å². The highest BCUT2D eigenvalue weighted by Crippen LogP contribution is 2.47. The topological polar surface area (TPSA) is 201 Å². The van der Waals surface area contributed by atoms with Crippen LogP contribution in [-0.4, -0.2) is 77.2 Å². The molecule has 0 bridgehead atoms. The SMILES string of the molecule is COc1cc(C(CC(=O)NC[C@H](O)c2ccc(O)c(O)c2)c2c(O)cc3c(c2O)C(=O)O[C@@H](C)CCCC(=O)CCC/C=C/3)cc(OC)c1OC. The smallest absolute Gasteiger partial charge is 0.342 e. The maximum atomic E-state index is 13.7. The van der Waals surface area contributed by atoms with Crippen LogP contribution in [0.3, 0.4) is 0 Å². The van der Waals surface area contributed by atoms with Crippen LogP contribution in [0.2, 0.25) is 0 Å². The molecule has 1 heterocycles. The van der Waals surface area contributed by atoms with Crippen molar-refractivity contribution in [3.8, 4) is 40.2 Å². The number of ether oxygens (including phenoxy) is 4. The molecule has 1 aliphatic rings. The predicted octanol–water partition coefficient (Wildman–Crippen LogP) is 5.39. The van der Waals surface area contributed by atoms with Crippen LogP contribution in [0.4, 0.5) is 0 Å². The molecule has 4 rings (SSSR count). The van der Waals surface area contributed by atoms with Gasteiger partial charge in [-0.15, -0.1) is 0 Å². The van der Waals surface area contributed by atoms with Crippen molar-refractivity contribution in [1.82, 2.24) is 5.32 Å². The second-order valence-electron chi connectivity index (χ2n) is 12.3. The first kappa shape index (κ1) is 38.4. The van der Waals surface area contributed by atoms with Crippen LogP contribution in [0.25, 0.3) is 6.08 Å². The third-order valence-corrected chi connectivity index (χ3v) is 8.76. The van der Waals surface area contributed by atoms with Gasteiger partial charge in [0.1, 0.15) is 22.8 Å². The molecule has 1 unspecified atom stereocenters. The number of fused-ring (bicyclic) bond motifs is 1. The number of hydrogen-bond donors (Lipinski definition) is 6. The van der Waals surface area contributed by atoms with Crippen LogP contribution in [0.1, 0.15) is 96.5 Å². The van der Waals surface area contributed by atoms with Crippen molar-refractivity contribution in [3.05, 3.63) is 70.3 Å². The van der Waals surface area contributed by atoms with Gasteiger partial charge >= 0.3 is 5.97 Å². The molecule has 3 atom stereocenters. The summed E-state index contributed by atoms with van der Waals surface area (Å²) in [6.07, 6.45) is 3.94. The average Bonchev–Trinajstić information content (AvgIpc) is 3.09. The van der Waals surface area contributed by atoms with E-state index < -0.39 is 53.7 Å². The molecule has 0 fully saturated rings. The number of carbonyl (C=O) groups excluding carboxylic acids is 3. The van der Waals surface area contributed by atoms with Crippen LogP contribution in [0.15, 0.2) is 42.5 Å². The van der Waals surface area contributed by atoms with E-state index in [0.29, 0.717) is 44.1 Å². The van der Waals surface area contributed by atoms with Crippen LogP contribution < -0.4 is 19.5 Å². The Morgan fingerprint density at radius 1 is 0.902 bits per heavy atom. The molecule has 0 spiro atoms. The van der Waals surface area contributed by atoms with Gasteiger partial charge in [0.2, 0.25) is 11.7 Å². The maximum Gasteiger partial charge on any atom is 0.342 e. The standard InChI is InChI=1S/C38H45NO12/c1-21-9-8-12-25(40)11-7-5-6-10-23-16-29(43)35(36(46)34(23)38(47)51-21)26(24-17-31(48-2)37(50-4)32(18-24)49-3)19-33(45)39-20-30(44)22-13-14-27(41)28(42)15-22/h6,10,13-18,21,26,30,41-44,46H,5,7-9,11-12,19-20H2,1-4H3,(H,39,45)/b10-6+/t21-,26?,30-/m0/s1. The lowest BCUT2D eigenvalue weighted by molar-refractivity contribution is -0.122. The number of phenols is 4. The number of allylic oxidation sites excluding steroid dienone is 1. The first-order chi connectivity index (χ1) is 24.4. The lowest BCUT2D eigenvalue weighted by Gasteiger charge is -2.24. The minimum absolute atomic E-state index is 0.135. The lowest BCUT2D eigenvalue weighted by atomic mass is 9.84. The van der Waals surface area contributed by atoms with Gasteiger partial charge in [-0.2, -0.15) is 0 Å². The molecule has 274 valence electrons. The summed E-state index contributed by atoms with van der Waals surface area (Å²) < 4.78 is 22.2. The molecule has 1 aliphatic heterocycles. The number of ketones is 1. The summed E-state index contributed by atoms with van der Waals surface area (Å²) >= 11 is 0. The molecule has 0 aromatic heterocycles. The summed E-state index contributed by atoms with van der Waals surface area (Å²) in [7, 11) is 4.24. The normalized spacial score (nSPS) is 17.2. The zero-order valence-electron chi connectivity index (χ0n) is 29.1. The van der Waals surface area contributed by atoms with Crippen LogP contribution in [0.5, 0.6) is 40.2 Å². The lowest BCUT2D eigenvalue weighted by Crippen LogP contribution is -2.30. The Labute approximate surface area is 296 Å². The molecule has 0 radical (unpaired) electrons. The largest absolute Gasteiger partial charge is 0.507 e. The molecule has 1 amide bonds. The van der Waals surface area contributed by atoms with E-state index >= 15 is 0 Å². The highest BCUT2D eigenvalue weighted by Gasteiger charge is 2.32. The second-order valence-corrected chi connectivity index (χ2v) is 12.3. The number of amides is 1. The van der Waals surface area contributed by atoms with Crippen LogP contribution in [0, 0.1) is 0 Å². The van der Waals surface area contributed by atoms with Crippen LogP contribution in [-0.2, 0) is 14.3 Å². The van der Waals surface area contributed by atoms with Crippen molar-refractivity contribution in [2.24, 2.45) is 0 Å². The predicted molar refractivity (Wildman–Crippen MR) is 187 cm³/mol. The number of hydrogen-bond acceptors (Lipinski definition) is 12. The molecule has 3 aromatic rings. The third kappa shape index (κ3) is 9.43. The molecule has 13 heteroatoms. The minimum Gasteiger partial charge on any atom is -0.507 e. The van der Waals surface area contributed by atoms with Gasteiger partial charge in [-0.1, -0.05) is 18.2 Å². The molecule has 0 saturated carbocycles. The Balaban J connectivity index is 1.80. The minimum atomic E-state index is -1.25.